The molecule has 4 aromatic rings. The summed E-state index contributed by atoms with van der Waals surface area (Å²) in [5.41, 5.74) is 6.63. The fraction of sp³-hybridized carbons (Fsp3) is 0.214. The van der Waals surface area contributed by atoms with E-state index < -0.39 is 0 Å². The SMILES string of the molecule is CCCN1C(=O)c2[nH]nc(-c3ccc(C)cc3)c2C1c1ccc(OCc2ccc(Cl)cc2)cc1. The van der Waals surface area contributed by atoms with Crippen molar-refractivity contribution in [2.24, 2.45) is 0 Å². The second-order valence-electron chi connectivity index (χ2n) is 8.61. The standard InChI is InChI=1S/C28H26ClN3O2/c1-3-16-32-27(21-10-14-23(15-11-21)34-17-19-6-12-22(29)13-7-19)24-25(30-31-26(24)28(32)33)20-8-4-18(2)5-9-20/h4-15,27H,3,16-17H2,1-2H3,(H,30,31). The highest BCUT2D eigenvalue weighted by molar-refractivity contribution is 6.30. The lowest BCUT2D eigenvalue weighted by Gasteiger charge is -2.26. The van der Waals surface area contributed by atoms with Crippen LogP contribution < -0.4 is 4.74 Å². The summed E-state index contributed by atoms with van der Waals surface area (Å²) >= 11 is 5.96. The van der Waals surface area contributed by atoms with Gasteiger partial charge in [-0.25, -0.2) is 0 Å². The van der Waals surface area contributed by atoms with Crippen molar-refractivity contribution in [1.82, 2.24) is 15.1 Å². The van der Waals surface area contributed by atoms with Crippen LogP contribution in [0.2, 0.25) is 5.02 Å². The third-order valence-electron chi connectivity index (χ3n) is 6.17. The number of hydrogen-bond acceptors (Lipinski definition) is 3. The molecule has 5 nitrogen and oxygen atoms in total. The van der Waals surface area contributed by atoms with Crippen LogP contribution in [0.1, 0.15) is 52.1 Å². The van der Waals surface area contributed by atoms with Gasteiger partial charge in [0.1, 0.15) is 18.1 Å². The number of nitrogens with zero attached hydrogens (tertiary/aromatic N) is 2. The van der Waals surface area contributed by atoms with Crippen LogP contribution in [0.4, 0.5) is 0 Å². The van der Waals surface area contributed by atoms with Crippen LogP contribution in [0.25, 0.3) is 11.3 Å². The van der Waals surface area contributed by atoms with Gasteiger partial charge in [-0.05, 0) is 48.7 Å². The average molecular weight is 472 g/mol. The molecule has 172 valence electrons. The number of benzene rings is 3. The minimum atomic E-state index is -0.192. The van der Waals surface area contributed by atoms with Crippen LogP contribution in [0.3, 0.4) is 0 Å². The van der Waals surface area contributed by atoms with E-state index in [1.54, 1.807) is 0 Å². The Morgan fingerprint density at radius 3 is 2.38 bits per heavy atom. The number of aromatic nitrogens is 2. The van der Waals surface area contributed by atoms with Gasteiger partial charge in [0.25, 0.3) is 5.91 Å². The molecule has 34 heavy (non-hydrogen) atoms. The summed E-state index contributed by atoms with van der Waals surface area (Å²) in [4.78, 5) is 15.2. The zero-order valence-electron chi connectivity index (χ0n) is 19.2. The maximum Gasteiger partial charge on any atom is 0.273 e. The van der Waals surface area contributed by atoms with Crippen molar-refractivity contribution in [3.05, 3.63) is 106 Å². The summed E-state index contributed by atoms with van der Waals surface area (Å²) in [7, 11) is 0. The summed E-state index contributed by atoms with van der Waals surface area (Å²) in [5.74, 6) is 0.770. The number of halogens is 1. The van der Waals surface area contributed by atoms with Gasteiger partial charge in [0.05, 0.1) is 11.7 Å². The normalized spacial score (nSPS) is 15.0. The van der Waals surface area contributed by atoms with Crippen molar-refractivity contribution in [2.75, 3.05) is 6.54 Å². The molecule has 0 radical (unpaired) electrons. The van der Waals surface area contributed by atoms with Crippen LogP contribution in [0, 0.1) is 6.92 Å². The predicted molar refractivity (Wildman–Crippen MR) is 134 cm³/mol. The van der Waals surface area contributed by atoms with Crippen LogP contribution in [0.15, 0.2) is 72.8 Å². The van der Waals surface area contributed by atoms with Crippen LogP contribution >= 0.6 is 11.6 Å². The van der Waals surface area contributed by atoms with E-state index in [-0.39, 0.29) is 11.9 Å². The third-order valence-corrected chi connectivity index (χ3v) is 6.42. The molecule has 0 saturated carbocycles. The molecule has 1 aromatic heterocycles. The molecular weight excluding hydrogens is 446 g/mol. The van der Waals surface area contributed by atoms with Gasteiger partial charge in [0.2, 0.25) is 0 Å². The average Bonchev–Trinajstić information content (AvgIpc) is 3.39. The lowest BCUT2D eigenvalue weighted by atomic mass is 9.95. The van der Waals surface area contributed by atoms with Gasteiger partial charge >= 0.3 is 0 Å². The van der Waals surface area contributed by atoms with Crippen LogP contribution in [-0.2, 0) is 6.61 Å². The van der Waals surface area contributed by atoms with E-state index in [2.05, 4.69) is 48.3 Å². The maximum atomic E-state index is 13.2. The van der Waals surface area contributed by atoms with Crippen molar-refractivity contribution < 1.29 is 9.53 Å². The summed E-state index contributed by atoms with van der Waals surface area (Å²) < 4.78 is 5.96. The summed E-state index contributed by atoms with van der Waals surface area (Å²) in [5, 5.41) is 8.26. The van der Waals surface area contributed by atoms with Crippen LogP contribution in [0.5, 0.6) is 5.75 Å². The van der Waals surface area contributed by atoms with E-state index in [4.69, 9.17) is 16.3 Å². The molecule has 1 aliphatic rings. The Bertz CT molecular complexity index is 1300. The zero-order valence-corrected chi connectivity index (χ0v) is 20.0. The lowest BCUT2D eigenvalue weighted by molar-refractivity contribution is 0.0744. The van der Waals surface area contributed by atoms with Gasteiger partial charge in [-0.1, -0.05) is 72.6 Å². The number of hydrogen-bond donors (Lipinski definition) is 1. The molecule has 0 fully saturated rings. The molecule has 1 amide bonds. The number of rotatable bonds is 7. The Balaban J connectivity index is 1.45. The molecule has 6 heteroatoms. The number of fused-ring (bicyclic) bond motifs is 1. The zero-order chi connectivity index (χ0) is 23.7. The second kappa shape index (κ2) is 9.35. The van der Waals surface area contributed by atoms with E-state index in [1.807, 2.05) is 53.4 Å². The molecular formula is C28H26ClN3O2. The molecule has 1 N–H and O–H groups in total. The van der Waals surface area contributed by atoms with E-state index in [0.717, 1.165) is 40.1 Å². The third kappa shape index (κ3) is 4.19. The molecule has 2 heterocycles. The molecule has 0 aliphatic carbocycles. The Labute approximate surface area is 204 Å². The first-order valence-corrected chi connectivity index (χ1v) is 11.9. The first-order valence-electron chi connectivity index (χ1n) is 11.5. The number of ether oxygens (including phenoxy) is 1. The summed E-state index contributed by atoms with van der Waals surface area (Å²) in [6.07, 6.45) is 0.877. The first kappa shape index (κ1) is 22.2. The Hall–Kier alpha value is -3.57. The predicted octanol–water partition coefficient (Wildman–Crippen LogP) is 6.57. The van der Waals surface area contributed by atoms with E-state index in [1.165, 1.54) is 5.56 Å². The van der Waals surface area contributed by atoms with E-state index in [0.29, 0.717) is 23.9 Å². The first-order chi connectivity index (χ1) is 16.5. The molecule has 0 saturated heterocycles. The smallest absolute Gasteiger partial charge is 0.273 e. The molecule has 1 unspecified atom stereocenters. The second-order valence-corrected chi connectivity index (χ2v) is 9.05. The molecule has 0 spiro atoms. The van der Waals surface area contributed by atoms with Crippen molar-refractivity contribution in [3.8, 4) is 17.0 Å². The number of carbonyl (C=O) groups is 1. The Morgan fingerprint density at radius 2 is 1.71 bits per heavy atom. The van der Waals surface area contributed by atoms with Gasteiger partial charge in [-0.15, -0.1) is 0 Å². The van der Waals surface area contributed by atoms with Crippen molar-refractivity contribution >= 4 is 17.5 Å². The summed E-state index contributed by atoms with van der Waals surface area (Å²) in [6, 6.07) is 23.7. The van der Waals surface area contributed by atoms with Crippen molar-refractivity contribution in [3.63, 3.8) is 0 Å². The van der Waals surface area contributed by atoms with Gasteiger partial charge in [-0.2, -0.15) is 5.10 Å². The highest BCUT2D eigenvalue weighted by Crippen LogP contribution is 2.43. The van der Waals surface area contributed by atoms with Gasteiger partial charge < -0.3 is 9.64 Å². The number of aryl methyl sites for hydroxylation is 1. The Morgan fingerprint density at radius 1 is 1.00 bits per heavy atom. The van der Waals surface area contributed by atoms with Crippen molar-refractivity contribution in [1.29, 1.82) is 0 Å². The fourth-order valence-corrected chi connectivity index (χ4v) is 4.57. The quantitative estimate of drug-likeness (QED) is 0.331. The van der Waals surface area contributed by atoms with Gasteiger partial charge in [-0.3, -0.25) is 9.89 Å². The fourth-order valence-electron chi connectivity index (χ4n) is 4.44. The Kier molecular flexibility index (Phi) is 6.12. The molecule has 5 rings (SSSR count). The van der Waals surface area contributed by atoms with Crippen molar-refractivity contribution in [2.45, 2.75) is 32.9 Å². The number of aromatic amines is 1. The number of carbonyl (C=O) groups excluding carboxylic acids is 1. The monoisotopic (exact) mass is 471 g/mol. The lowest BCUT2D eigenvalue weighted by Crippen LogP contribution is -2.30. The number of H-pyrrole nitrogens is 1. The minimum absolute atomic E-state index is 0.00391. The van der Waals surface area contributed by atoms with E-state index >= 15 is 0 Å². The highest BCUT2D eigenvalue weighted by Gasteiger charge is 2.41. The molecule has 3 aromatic carbocycles. The molecule has 1 atom stereocenters. The van der Waals surface area contributed by atoms with E-state index in [9.17, 15) is 4.79 Å². The molecule has 1 aliphatic heterocycles. The summed E-state index contributed by atoms with van der Waals surface area (Å²) in [6.45, 7) is 5.28. The number of nitrogens with one attached hydrogen (secondary N) is 1. The highest BCUT2D eigenvalue weighted by atomic mass is 35.5. The maximum absolute atomic E-state index is 13.2. The van der Waals surface area contributed by atoms with Gasteiger partial charge in [0, 0.05) is 22.7 Å². The number of amides is 1. The topological polar surface area (TPSA) is 58.2 Å². The molecule has 0 bridgehead atoms. The van der Waals surface area contributed by atoms with Gasteiger partial charge in [0.15, 0.2) is 0 Å². The largest absolute Gasteiger partial charge is 0.489 e. The minimum Gasteiger partial charge on any atom is -0.489 e. The van der Waals surface area contributed by atoms with Crippen LogP contribution in [-0.4, -0.2) is 27.5 Å².